The van der Waals surface area contributed by atoms with Crippen LogP contribution in [0.15, 0.2) is 36.9 Å². The van der Waals surface area contributed by atoms with E-state index in [0.717, 1.165) is 38.8 Å². The summed E-state index contributed by atoms with van der Waals surface area (Å²) < 4.78 is 0. The molecule has 26 heavy (non-hydrogen) atoms. The van der Waals surface area contributed by atoms with E-state index in [4.69, 9.17) is 0 Å². The highest BCUT2D eigenvalue weighted by Crippen LogP contribution is 2.21. The molecule has 0 aromatic carbocycles. The van der Waals surface area contributed by atoms with Gasteiger partial charge in [0, 0.05) is 51.0 Å². The average molecular weight is 353 g/mol. The Morgan fingerprint density at radius 3 is 2.65 bits per heavy atom. The lowest BCUT2D eigenvalue weighted by atomic mass is 9.99. The molecule has 0 bridgehead atoms. The molecular weight excluding hydrogens is 326 g/mol. The van der Waals surface area contributed by atoms with Gasteiger partial charge in [-0.1, -0.05) is 6.92 Å². The first kappa shape index (κ1) is 18.3. The van der Waals surface area contributed by atoms with E-state index in [0.29, 0.717) is 17.6 Å². The first-order chi connectivity index (χ1) is 12.7. The van der Waals surface area contributed by atoms with Crippen LogP contribution >= 0.6 is 0 Å². The number of likely N-dealkylation sites (tertiary alicyclic amines) is 1. The molecule has 1 aliphatic heterocycles. The molecule has 1 unspecified atom stereocenters. The number of hydrogen-bond acceptors (Lipinski definition) is 5. The van der Waals surface area contributed by atoms with Crippen molar-refractivity contribution in [3.8, 4) is 0 Å². The van der Waals surface area contributed by atoms with Gasteiger partial charge in [-0.15, -0.1) is 0 Å². The number of carbonyl (C=O) groups excluding carboxylic acids is 1. The third kappa shape index (κ3) is 4.36. The second kappa shape index (κ2) is 8.74. The van der Waals surface area contributed by atoms with Gasteiger partial charge in [0.25, 0.3) is 5.91 Å². The lowest BCUT2D eigenvalue weighted by molar-refractivity contribution is 0.0607. The Morgan fingerprint density at radius 1 is 1.23 bits per heavy atom. The lowest BCUT2D eigenvalue weighted by Crippen LogP contribution is -2.43. The molecule has 0 N–H and O–H groups in total. The van der Waals surface area contributed by atoms with Crippen molar-refractivity contribution in [2.45, 2.75) is 45.1 Å². The van der Waals surface area contributed by atoms with Crippen LogP contribution in [0.4, 0.5) is 5.95 Å². The first-order valence-corrected chi connectivity index (χ1v) is 9.42. The number of hydrogen-bond donors (Lipinski definition) is 0. The highest BCUT2D eigenvalue weighted by Gasteiger charge is 2.26. The zero-order chi connectivity index (χ0) is 18.4. The van der Waals surface area contributed by atoms with Gasteiger partial charge in [-0.25, -0.2) is 9.97 Å². The van der Waals surface area contributed by atoms with Crippen molar-refractivity contribution in [2.75, 3.05) is 25.0 Å². The van der Waals surface area contributed by atoms with Crippen molar-refractivity contribution >= 4 is 11.9 Å². The van der Waals surface area contributed by atoms with Crippen LogP contribution in [0.5, 0.6) is 0 Å². The number of likely N-dealkylation sites (N-methyl/N-ethyl adjacent to an activating group) is 1. The molecule has 0 saturated carbocycles. The van der Waals surface area contributed by atoms with Gasteiger partial charge >= 0.3 is 0 Å². The summed E-state index contributed by atoms with van der Waals surface area (Å²) in [5, 5.41) is 0. The van der Waals surface area contributed by atoms with Crippen molar-refractivity contribution in [3.05, 3.63) is 48.0 Å². The maximum absolute atomic E-state index is 12.8. The van der Waals surface area contributed by atoms with Gasteiger partial charge in [-0.3, -0.25) is 9.78 Å². The normalized spacial score (nSPS) is 17.2. The third-order valence-corrected chi connectivity index (χ3v) is 5.07. The van der Waals surface area contributed by atoms with Crippen LogP contribution in [-0.2, 0) is 6.42 Å². The molecule has 1 amide bonds. The molecule has 1 fully saturated rings. The molecule has 1 aliphatic rings. The fourth-order valence-corrected chi connectivity index (χ4v) is 3.43. The zero-order valence-corrected chi connectivity index (χ0v) is 15.6. The Balaban J connectivity index is 1.61. The minimum atomic E-state index is 0.0579. The van der Waals surface area contributed by atoms with E-state index < -0.39 is 0 Å². The van der Waals surface area contributed by atoms with E-state index in [1.54, 1.807) is 24.8 Å². The van der Waals surface area contributed by atoms with Gasteiger partial charge in [-0.05, 0) is 49.8 Å². The minimum absolute atomic E-state index is 0.0579. The largest absolute Gasteiger partial charge is 0.344 e. The first-order valence-electron chi connectivity index (χ1n) is 9.42. The standard InChI is InChI=1S/C20H27N5O/c1-3-18-6-4-5-12-25(18)19(26)17-14-22-20(23-15-17)24(2)13-9-16-7-10-21-11-8-16/h7-8,10-11,14-15,18H,3-6,9,12-13H2,1-2H3. The third-order valence-electron chi connectivity index (χ3n) is 5.07. The van der Waals surface area contributed by atoms with Crippen molar-refractivity contribution in [3.63, 3.8) is 0 Å². The summed E-state index contributed by atoms with van der Waals surface area (Å²) in [5.74, 6) is 0.698. The molecule has 1 atom stereocenters. The van der Waals surface area contributed by atoms with Crippen molar-refractivity contribution in [1.82, 2.24) is 19.9 Å². The van der Waals surface area contributed by atoms with Crippen LogP contribution in [-0.4, -0.2) is 51.9 Å². The van der Waals surface area contributed by atoms with Gasteiger partial charge in [0.2, 0.25) is 5.95 Å². The minimum Gasteiger partial charge on any atom is -0.344 e. The van der Waals surface area contributed by atoms with E-state index in [9.17, 15) is 4.79 Å². The number of anilines is 1. The lowest BCUT2D eigenvalue weighted by Gasteiger charge is -2.35. The van der Waals surface area contributed by atoms with Crippen LogP contribution in [0.2, 0.25) is 0 Å². The number of piperidine rings is 1. The summed E-state index contributed by atoms with van der Waals surface area (Å²) >= 11 is 0. The molecule has 0 aliphatic carbocycles. The van der Waals surface area contributed by atoms with Gasteiger partial charge in [0.05, 0.1) is 5.56 Å². The van der Waals surface area contributed by atoms with Crippen molar-refractivity contribution in [1.29, 1.82) is 0 Å². The topological polar surface area (TPSA) is 62.2 Å². The summed E-state index contributed by atoms with van der Waals surface area (Å²) in [5.41, 5.74) is 1.81. The number of rotatable bonds is 6. The molecule has 3 heterocycles. The monoisotopic (exact) mass is 353 g/mol. The van der Waals surface area contributed by atoms with Gasteiger partial charge in [-0.2, -0.15) is 0 Å². The summed E-state index contributed by atoms with van der Waals surface area (Å²) in [6.45, 7) is 3.79. The number of nitrogens with zero attached hydrogens (tertiary/aromatic N) is 5. The Bertz CT molecular complexity index is 704. The van der Waals surface area contributed by atoms with Gasteiger partial charge < -0.3 is 9.80 Å². The van der Waals surface area contributed by atoms with Crippen molar-refractivity contribution in [2.24, 2.45) is 0 Å². The highest BCUT2D eigenvalue weighted by molar-refractivity contribution is 5.94. The highest BCUT2D eigenvalue weighted by atomic mass is 16.2. The Hall–Kier alpha value is -2.50. The quantitative estimate of drug-likeness (QED) is 0.799. The molecule has 6 heteroatoms. The molecule has 138 valence electrons. The van der Waals surface area contributed by atoms with E-state index in [-0.39, 0.29) is 5.91 Å². The summed E-state index contributed by atoms with van der Waals surface area (Å²) in [7, 11) is 1.97. The molecule has 0 radical (unpaired) electrons. The number of amides is 1. The van der Waals surface area contributed by atoms with Gasteiger partial charge in [0.1, 0.15) is 0 Å². The summed E-state index contributed by atoms with van der Waals surface area (Å²) in [4.78, 5) is 29.6. The Labute approximate surface area is 155 Å². The van der Waals surface area contributed by atoms with Crippen LogP contribution in [0.1, 0.15) is 48.5 Å². The molecule has 6 nitrogen and oxygen atoms in total. The zero-order valence-electron chi connectivity index (χ0n) is 15.6. The average Bonchev–Trinajstić information content (AvgIpc) is 2.72. The van der Waals surface area contributed by atoms with Crippen LogP contribution in [0.3, 0.4) is 0 Å². The second-order valence-corrected chi connectivity index (χ2v) is 6.86. The Kier molecular flexibility index (Phi) is 6.15. The maximum atomic E-state index is 12.8. The van der Waals surface area contributed by atoms with E-state index in [1.807, 2.05) is 29.0 Å². The maximum Gasteiger partial charge on any atom is 0.257 e. The Morgan fingerprint density at radius 2 is 1.96 bits per heavy atom. The molecular formula is C20H27N5O. The molecule has 2 aromatic rings. The van der Waals surface area contributed by atoms with E-state index in [2.05, 4.69) is 21.9 Å². The predicted molar refractivity (Wildman–Crippen MR) is 102 cm³/mol. The summed E-state index contributed by atoms with van der Waals surface area (Å²) in [6.07, 6.45) is 12.2. The molecule has 2 aromatic heterocycles. The van der Waals surface area contributed by atoms with E-state index >= 15 is 0 Å². The fourth-order valence-electron chi connectivity index (χ4n) is 3.43. The van der Waals surface area contributed by atoms with Crippen molar-refractivity contribution < 1.29 is 4.79 Å². The fraction of sp³-hybridized carbons (Fsp3) is 0.500. The van der Waals surface area contributed by atoms with Crippen LogP contribution in [0, 0.1) is 0 Å². The molecule has 3 rings (SSSR count). The SMILES string of the molecule is CCC1CCCCN1C(=O)c1cnc(N(C)CCc2ccncc2)nc1. The van der Waals surface area contributed by atoms with E-state index in [1.165, 1.54) is 12.0 Å². The van der Waals surface area contributed by atoms with Crippen LogP contribution in [0.25, 0.3) is 0 Å². The molecule has 1 saturated heterocycles. The summed E-state index contributed by atoms with van der Waals surface area (Å²) in [6, 6.07) is 4.37. The number of aromatic nitrogens is 3. The second-order valence-electron chi connectivity index (χ2n) is 6.86. The van der Waals surface area contributed by atoms with Crippen LogP contribution < -0.4 is 4.90 Å². The number of pyridine rings is 1. The predicted octanol–water partition coefficient (Wildman–Crippen LogP) is 2.96. The smallest absolute Gasteiger partial charge is 0.257 e. The number of carbonyl (C=O) groups is 1. The molecule has 0 spiro atoms. The van der Waals surface area contributed by atoms with Gasteiger partial charge in [0.15, 0.2) is 0 Å².